The minimum Gasteiger partial charge on any atom is -0.367 e. The summed E-state index contributed by atoms with van der Waals surface area (Å²) >= 11 is 0. The third kappa shape index (κ3) is 5.19. The van der Waals surface area contributed by atoms with Crippen molar-refractivity contribution in [3.8, 4) is 0 Å². The summed E-state index contributed by atoms with van der Waals surface area (Å²) in [5, 5.41) is 5.97. The molecule has 0 radical (unpaired) electrons. The zero-order chi connectivity index (χ0) is 24.3. The number of nitrogens with zero attached hydrogens (tertiary/aromatic N) is 2. The Morgan fingerprint density at radius 2 is 2.03 bits per heavy atom. The van der Waals surface area contributed by atoms with Crippen LogP contribution < -0.4 is 21.1 Å². The molecule has 0 aliphatic carbocycles. The number of carbonyl (C=O) groups is 1. The summed E-state index contributed by atoms with van der Waals surface area (Å²) in [6.45, 7) is 9.24. The molecule has 1 saturated heterocycles. The Bertz CT molecular complexity index is 1160. The quantitative estimate of drug-likeness (QED) is 0.637. The second-order valence-corrected chi connectivity index (χ2v) is 7.94. The zero-order valence-electron chi connectivity index (χ0n) is 18.8. The predicted octanol–water partition coefficient (Wildman–Crippen LogP) is 4.10. The van der Waals surface area contributed by atoms with Crippen LogP contribution in [-0.2, 0) is 7.05 Å². The fourth-order valence-corrected chi connectivity index (χ4v) is 3.88. The molecule has 0 unspecified atom stereocenters. The molecule has 33 heavy (non-hydrogen) atoms. The van der Waals surface area contributed by atoms with Crippen LogP contribution in [0.3, 0.4) is 0 Å². The number of aromatic nitrogens is 1. The molecule has 1 aliphatic heterocycles. The SMILES string of the molecule is C=C/C(=C\C)c1cc(NC(=O)c2cn(C)c(=O)cc2C(F)F)c(N2CCN[C@@H](C)C2)cc1F. The lowest BCUT2D eigenvalue weighted by Crippen LogP contribution is -2.49. The molecule has 3 rings (SSSR count). The summed E-state index contributed by atoms with van der Waals surface area (Å²) in [7, 11) is 1.38. The number of aryl methyl sites for hydroxylation is 1. The lowest BCUT2D eigenvalue weighted by molar-refractivity contribution is 0.101. The first-order chi connectivity index (χ1) is 15.7. The third-order valence-electron chi connectivity index (χ3n) is 5.63. The highest BCUT2D eigenvalue weighted by Crippen LogP contribution is 2.34. The highest BCUT2D eigenvalue weighted by atomic mass is 19.3. The fourth-order valence-electron chi connectivity index (χ4n) is 3.88. The van der Waals surface area contributed by atoms with E-state index in [4.69, 9.17) is 0 Å². The van der Waals surface area contributed by atoms with Crippen molar-refractivity contribution in [2.24, 2.45) is 7.05 Å². The van der Waals surface area contributed by atoms with Crippen molar-refractivity contribution < 1.29 is 18.0 Å². The number of carbonyl (C=O) groups excluding carboxylic acids is 1. The molecular weight excluding hydrogens is 433 g/mol. The predicted molar refractivity (Wildman–Crippen MR) is 125 cm³/mol. The monoisotopic (exact) mass is 460 g/mol. The molecular formula is C24H27F3N4O2. The van der Waals surface area contributed by atoms with Gasteiger partial charge in [0.1, 0.15) is 5.82 Å². The Hall–Kier alpha value is -3.33. The summed E-state index contributed by atoms with van der Waals surface area (Å²) in [6, 6.07) is 3.71. The Labute approximate surface area is 190 Å². The number of amides is 1. The van der Waals surface area contributed by atoms with Gasteiger partial charge in [0.2, 0.25) is 0 Å². The van der Waals surface area contributed by atoms with Gasteiger partial charge in [-0.15, -0.1) is 0 Å². The van der Waals surface area contributed by atoms with Crippen molar-refractivity contribution in [2.45, 2.75) is 26.3 Å². The molecule has 1 aromatic carbocycles. The lowest BCUT2D eigenvalue weighted by Gasteiger charge is -2.35. The smallest absolute Gasteiger partial charge is 0.264 e. The van der Waals surface area contributed by atoms with Crippen LogP contribution in [0.1, 0.15) is 41.8 Å². The average molecular weight is 461 g/mol. The summed E-state index contributed by atoms with van der Waals surface area (Å²) < 4.78 is 43.2. The van der Waals surface area contributed by atoms with Crippen molar-refractivity contribution >= 4 is 22.9 Å². The van der Waals surface area contributed by atoms with E-state index in [1.165, 1.54) is 25.3 Å². The van der Waals surface area contributed by atoms with Crippen LogP contribution in [0.2, 0.25) is 0 Å². The molecule has 1 aliphatic rings. The van der Waals surface area contributed by atoms with Gasteiger partial charge in [0.15, 0.2) is 0 Å². The van der Waals surface area contributed by atoms with E-state index in [1.807, 2.05) is 11.8 Å². The number of piperazine rings is 1. The fraction of sp³-hybridized carbons (Fsp3) is 0.333. The molecule has 2 heterocycles. The summed E-state index contributed by atoms with van der Waals surface area (Å²) in [4.78, 5) is 26.8. The number of halogens is 3. The van der Waals surface area contributed by atoms with Crippen molar-refractivity contribution in [2.75, 3.05) is 29.9 Å². The number of allylic oxidation sites excluding steroid dienone is 3. The van der Waals surface area contributed by atoms with Gasteiger partial charge in [0.25, 0.3) is 17.9 Å². The molecule has 2 N–H and O–H groups in total. The zero-order valence-corrected chi connectivity index (χ0v) is 18.8. The van der Waals surface area contributed by atoms with Crippen LogP contribution in [-0.4, -0.2) is 36.2 Å². The number of hydrogen-bond acceptors (Lipinski definition) is 4. The van der Waals surface area contributed by atoms with E-state index in [-0.39, 0.29) is 22.9 Å². The first kappa shape index (κ1) is 24.3. The molecule has 0 saturated carbocycles. The molecule has 9 heteroatoms. The van der Waals surface area contributed by atoms with Gasteiger partial charge in [-0.25, -0.2) is 13.2 Å². The van der Waals surface area contributed by atoms with Gasteiger partial charge in [-0.1, -0.05) is 18.7 Å². The Morgan fingerprint density at radius 1 is 1.30 bits per heavy atom. The van der Waals surface area contributed by atoms with Gasteiger partial charge in [-0.05, 0) is 31.6 Å². The van der Waals surface area contributed by atoms with Gasteiger partial charge in [-0.2, -0.15) is 0 Å². The van der Waals surface area contributed by atoms with Crippen LogP contribution in [0.15, 0.2) is 47.9 Å². The van der Waals surface area contributed by atoms with Gasteiger partial charge >= 0.3 is 0 Å². The molecule has 0 bridgehead atoms. The topological polar surface area (TPSA) is 66.4 Å². The van der Waals surface area contributed by atoms with Crippen molar-refractivity contribution in [1.29, 1.82) is 0 Å². The van der Waals surface area contributed by atoms with E-state index in [2.05, 4.69) is 17.2 Å². The van der Waals surface area contributed by atoms with Crippen LogP contribution in [0, 0.1) is 5.82 Å². The second-order valence-electron chi connectivity index (χ2n) is 7.94. The van der Waals surface area contributed by atoms with E-state index in [9.17, 15) is 18.4 Å². The molecule has 176 valence electrons. The number of benzene rings is 1. The van der Waals surface area contributed by atoms with E-state index >= 15 is 4.39 Å². The summed E-state index contributed by atoms with van der Waals surface area (Å²) in [6.07, 6.45) is 1.26. The second kappa shape index (κ2) is 10.1. The minimum absolute atomic E-state index is 0.137. The number of rotatable bonds is 6. The normalized spacial score (nSPS) is 16.8. The van der Waals surface area contributed by atoms with Crippen LogP contribution in [0.25, 0.3) is 5.57 Å². The summed E-state index contributed by atoms with van der Waals surface area (Å²) in [5.74, 6) is -1.30. The van der Waals surface area contributed by atoms with Crippen molar-refractivity contribution in [3.63, 3.8) is 0 Å². The van der Waals surface area contributed by atoms with Crippen molar-refractivity contribution in [1.82, 2.24) is 9.88 Å². The standard InChI is InChI=1S/C24H27F3N4O2/c1-5-15(6-2)16-9-20(21(11-19(16)25)31-8-7-28-14(3)12-31)29-24(33)18-13-30(4)22(32)10-17(18)23(26)27/h5-6,9-11,13-14,23,28H,1,7-8,12H2,2-4H3,(H,29,33)/b15-6+/t14-/m0/s1. The van der Waals surface area contributed by atoms with Crippen LogP contribution in [0.4, 0.5) is 24.5 Å². The molecule has 2 aromatic rings. The molecule has 1 fully saturated rings. The van der Waals surface area contributed by atoms with E-state index < -0.39 is 29.3 Å². The Morgan fingerprint density at radius 3 is 2.64 bits per heavy atom. The third-order valence-corrected chi connectivity index (χ3v) is 5.63. The lowest BCUT2D eigenvalue weighted by atomic mass is 10.0. The molecule has 6 nitrogen and oxygen atoms in total. The maximum Gasteiger partial charge on any atom is 0.264 e. The first-order valence-corrected chi connectivity index (χ1v) is 10.6. The first-order valence-electron chi connectivity index (χ1n) is 10.6. The maximum absolute atomic E-state index is 15.1. The number of alkyl halides is 2. The Balaban J connectivity index is 2.11. The number of anilines is 2. The van der Waals surface area contributed by atoms with Gasteiger partial charge in [0.05, 0.1) is 16.9 Å². The molecule has 1 atom stereocenters. The maximum atomic E-state index is 15.1. The van der Waals surface area contributed by atoms with Crippen LogP contribution >= 0.6 is 0 Å². The van der Waals surface area contributed by atoms with Gasteiger partial charge in [-0.3, -0.25) is 9.59 Å². The average Bonchev–Trinajstić information content (AvgIpc) is 2.77. The summed E-state index contributed by atoms with van der Waals surface area (Å²) in [5.41, 5.74) is -0.155. The minimum atomic E-state index is -3.01. The highest BCUT2D eigenvalue weighted by molar-refractivity contribution is 6.07. The number of hydrogen-bond donors (Lipinski definition) is 2. The largest absolute Gasteiger partial charge is 0.367 e. The number of nitrogens with one attached hydrogen (secondary N) is 2. The molecule has 1 aromatic heterocycles. The van der Waals surface area contributed by atoms with Gasteiger partial charge < -0.3 is 20.1 Å². The van der Waals surface area contributed by atoms with Crippen molar-refractivity contribution in [3.05, 3.63) is 76.0 Å². The number of pyridine rings is 1. The molecule has 1 amide bonds. The van der Waals surface area contributed by atoms with E-state index in [1.54, 1.807) is 13.0 Å². The van der Waals surface area contributed by atoms with E-state index in [0.29, 0.717) is 30.9 Å². The Kier molecular flexibility index (Phi) is 7.43. The molecule has 0 spiro atoms. The van der Waals surface area contributed by atoms with E-state index in [0.717, 1.165) is 16.8 Å². The van der Waals surface area contributed by atoms with Gasteiger partial charge in [0, 0.05) is 56.1 Å². The van der Waals surface area contributed by atoms with Crippen LogP contribution in [0.5, 0.6) is 0 Å². The highest BCUT2D eigenvalue weighted by Gasteiger charge is 2.25.